The fraction of sp³-hybridized carbons (Fsp3) is 0.471. The average molecular weight is 324 g/mol. The molecule has 0 radical (unpaired) electrons. The summed E-state index contributed by atoms with van der Waals surface area (Å²) in [7, 11) is 0. The standard InChI is InChI=1S/C17H19F3N2O/c18-17(19,20)14-6-7-15(16(23)8-14)13-9-21-22(11-13)10-12-4-2-1-3-5-12/h6-9,11-12,23H,1-5,10H2. The van der Waals surface area contributed by atoms with E-state index < -0.39 is 11.7 Å². The van der Waals surface area contributed by atoms with E-state index in [0.29, 0.717) is 17.0 Å². The van der Waals surface area contributed by atoms with Crippen molar-refractivity contribution >= 4 is 0 Å². The molecule has 3 rings (SSSR count). The minimum atomic E-state index is -4.46. The fourth-order valence-corrected chi connectivity index (χ4v) is 3.19. The quantitative estimate of drug-likeness (QED) is 0.876. The lowest BCUT2D eigenvalue weighted by Gasteiger charge is -2.21. The van der Waals surface area contributed by atoms with Gasteiger partial charge in [-0.1, -0.05) is 19.3 Å². The Morgan fingerprint density at radius 3 is 2.57 bits per heavy atom. The number of aromatic hydroxyl groups is 1. The minimum absolute atomic E-state index is 0.368. The van der Waals surface area contributed by atoms with E-state index in [4.69, 9.17) is 0 Å². The molecule has 0 saturated heterocycles. The first kappa shape index (κ1) is 15.9. The Morgan fingerprint density at radius 1 is 1.17 bits per heavy atom. The number of hydrogen-bond acceptors (Lipinski definition) is 2. The molecule has 0 aliphatic heterocycles. The van der Waals surface area contributed by atoms with Crippen LogP contribution in [0.4, 0.5) is 13.2 Å². The molecule has 3 nitrogen and oxygen atoms in total. The zero-order valence-corrected chi connectivity index (χ0v) is 12.7. The van der Waals surface area contributed by atoms with Crippen LogP contribution in [0.3, 0.4) is 0 Å². The summed E-state index contributed by atoms with van der Waals surface area (Å²) in [6.07, 6.45) is 5.10. The van der Waals surface area contributed by atoms with Crippen LogP contribution >= 0.6 is 0 Å². The maximum absolute atomic E-state index is 12.6. The van der Waals surface area contributed by atoms with Crippen molar-refractivity contribution in [3.05, 3.63) is 36.2 Å². The van der Waals surface area contributed by atoms with Gasteiger partial charge >= 0.3 is 6.18 Å². The van der Waals surface area contributed by atoms with E-state index in [1.54, 1.807) is 12.4 Å². The van der Waals surface area contributed by atoms with Crippen LogP contribution in [-0.2, 0) is 12.7 Å². The van der Waals surface area contributed by atoms with Crippen molar-refractivity contribution in [3.63, 3.8) is 0 Å². The predicted octanol–water partition coefficient (Wildman–Crippen LogP) is 4.85. The first-order valence-electron chi connectivity index (χ1n) is 7.86. The summed E-state index contributed by atoms with van der Waals surface area (Å²) in [5.41, 5.74) is 0.147. The summed E-state index contributed by atoms with van der Waals surface area (Å²) in [6, 6.07) is 3.03. The van der Waals surface area contributed by atoms with Crippen LogP contribution < -0.4 is 0 Å². The van der Waals surface area contributed by atoms with Crippen molar-refractivity contribution in [1.82, 2.24) is 9.78 Å². The maximum atomic E-state index is 12.6. The third-order valence-electron chi connectivity index (χ3n) is 4.44. The molecule has 0 spiro atoms. The number of alkyl halides is 3. The zero-order valence-electron chi connectivity index (χ0n) is 12.7. The highest BCUT2D eigenvalue weighted by atomic mass is 19.4. The molecule has 6 heteroatoms. The normalized spacial score (nSPS) is 16.7. The highest BCUT2D eigenvalue weighted by molar-refractivity contribution is 5.69. The lowest BCUT2D eigenvalue weighted by Crippen LogP contribution is -2.14. The maximum Gasteiger partial charge on any atom is 0.416 e. The molecule has 2 aromatic rings. The highest BCUT2D eigenvalue weighted by Gasteiger charge is 2.31. The van der Waals surface area contributed by atoms with Gasteiger partial charge in [0, 0.05) is 23.9 Å². The minimum Gasteiger partial charge on any atom is -0.507 e. The molecule has 1 heterocycles. The second-order valence-electron chi connectivity index (χ2n) is 6.18. The SMILES string of the molecule is Oc1cc(C(F)(F)F)ccc1-c1cnn(CC2CCCCC2)c1. The van der Waals surface area contributed by atoms with Crippen molar-refractivity contribution in [1.29, 1.82) is 0 Å². The Bertz CT molecular complexity index is 673. The monoisotopic (exact) mass is 324 g/mol. The van der Waals surface area contributed by atoms with Crippen LogP contribution in [0.2, 0.25) is 0 Å². The molecule has 0 amide bonds. The van der Waals surface area contributed by atoms with Gasteiger partial charge in [-0.2, -0.15) is 18.3 Å². The molecule has 1 aromatic heterocycles. The lowest BCUT2D eigenvalue weighted by atomic mass is 9.89. The Labute approximate surface area is 132 Å². The third-order valence-corrected chi connectivity index (χ3v) is 4.44. The van der Waals surface area contributed by atoms with E-state index in [-0.39, 0.29) is 5.75 Å². The first-order valence-corrected chi connectivity index (χ1v) is 7.86. The van der Waals surface area contributed by atoms with E-state index in [0.717, 1.165) is 18.7 Å². The number of halogens is 3. The molecule has 23 heavy (non-hydrogen) atoms. The lowest BCUT2D eigenvalue weighted by molar-refractivity contribution is -0.137. The molecular formula is C17H19F3N2O. The molecule has 0 unspecified atom stereocenters. The van der Waals surface area contributed by atoms with Gasteiger partial charge in [0.25, 0.3) is 0 Å². The third kappa shape index (κ3) is 3.68. The number of phenolic OH excluding ortho intramolecular Hbond substituents is 1. The summed E-state index contributed by atoms with van der Waals surface area (Å²) in [5.74, 6) is 0.231. The van der Waals surface area contributed by atoms with Gasteiger partial charge < -0.3 is 5.11 Å². The van der Waals surface area contributed by atoms with Gasteiger partial charge in [-0.25, -0.2) is 0 Å². The molecule has 1 N–H and O–H groups in total. The van der Waals surface area contributed by atoms with E-state index >= 15 is 0 Å². The topological polar surface area (TPSA) is 38.1 Å². The smallest absolute Gasteiger partial charge is 0.416 e. The Balaban J connectivity index is 1.77. The number of benzene rings is 1. The second kappa shape index (κ2) is 6.26. The van der Waals surface area contributed by atoms with E-state index in [9.17, 15) is 18.3 Å². The van der Waals surface area contributed by atoms with Crippen LogP contribution in [0.5, 0.6) is 5.75 Å². The number of phenols is 1. The van der Waals surface area contributed by atoms with Gasteiger partial charge in [-0.3, -0.25) is 4.68 Å². The van der Waals surface area contributed by atoms with Crippen LogP contribution in [0.1, 0.15) is 37.7 Å². The first-order chi connectivity index (χ1) is 10.9. The Hall–Kier alpha value is -1.98. The molecular weight excluding hydrogens is 305 g/mol. The highest BCUT2D eigenvalue weighted by Crippen LogP contribution is 2.36. The molecule has 124 valence electrons. The van der Waals surface area contributed by atoms with E-state index in [2.05, 4.69) is 5.10 Å². The van der Waals surface area contributed by atoms with Crippen LogP contribution in [-0.4, -0.2) is 14.9 Å². The van der Waals surface area contributed by atoms with Gasteiger partial charge in [-0.15, -0.1) is 0 Å². The number of hydrogen-bond donors (Lipinski definition) is 1. The molecule has 0 atom stereocenters. The van der Waals surface area contributed by atoms with Crippen LogP contribution in [0.25, 0.3) is 11.1 Å². The number of rotatable bonds is 3. The van der Waals surface area contributed by atoms with Gasteiger partial charge in [-0.05, 0) is 37.0 Å². The summed E-state index contributed by atoms with van der Waals surface area (Å²) in [4.78, 5) is 0. The van der Waals surface area contributed by atoms with Crippen LogP contribution in [0.15, 0.2) is 30.6 Å². The van der Waals surface area contributed by atoms with Crippen molar-refractivity contribution in [3.8, 4) is 16.9 Å². The van der Waals surface area contributed by atoms with Gasteiger partial charge in [0.1, 0.15) is 5.75 Å². The number of nitrogens with zero attached hydrogens (tertiary/aromatic N) is 2. The Kier molecular flexibility index (Phi) is 4.33. The summed E-state index contributed by atoms with van der Waals surface area (Å²) in [5, 5.41) is 14.2. The van der Waals surface area contributed by atoms with Crippen LogP contribution in [0, 0.1) is 5.92 Å². The van der Waals surface area contributed by atoms with Crippen molar-refractivity contribution in [2.75, 3.05) is 0 Å². The molecule has 1 aliphatic carbocycles. The van der Waals surface area contributed by atoms with Gasteiger partial charge in [0.2, 0.25) is 0 Å². The van der Waals surface area contributed by atoms with Crippen molar-refractivity contribution < 1.29 is 18.3 Å². The fourth-order valence-electron chi connectivity index (χ4n) is 3.19. The zero-order chi connectivity index (χ0) is 16.4. The molecule has 1 saturated carbocycles. The average Bonchev–Trinajstić information content (AvgIpc) is 2.95. The van der Waals surface area contributed by atoms with E-state index in [1.165, 1.54) is 38.2 Å². The largest absolute Gasteiger partial charge is 0.507 e. The molecule has 1 aliphatic rings. The molecule has 1 fully saturated rings. The summed E-state index contributed by atoms with van der Waals surface area (Å²) < 4.78 is 39.7. The second-order valence-corrected chi connectivity index (χ2v) is 6.18. The van der Waals surface area contributed by atoms with Crippen molar-refractivity contribution in [2.24, 2.45) is 5.92 Å². The summed E-state index contributed by atoms with van der Waals surface area (Å²) >= 11 is 0. The van der Waals surface area contributed by atoms with Gasteiger partial charge in [0.05, 0.1) is 11.8 Å². The van der Waals surface area contributed by atoms with Crippen molar-refractivity contribution in [2.45, 2.75) is 44.8 Å². The van der Waals surface area contributed by atoms with E-state index in [1.807, 2.05) is 4.68 Å². The summed E-state index contributed by atoms with van der Waals surface area (Å²) in [6.45, 7) is 0.821. The van der Waals surface area contributed by atoms with Gasteiger partial charge in [0.15, 0.2) is 0 Å². The molecule has 1 aromatic carbocycles. The molecule has 0 bridgehead atoms. The number of aromatic nitrogens is 2. The predicted molar refractivity (Wildman–Crippen MR) is 80.9 cm³/mol. The Morgan fingerprint density at radius 2 is 1.91 bits per heavy atom.